The minimum atomic E-state index is -4.56. The summed E-state index contributed by atoms with van der Waals surface area (Å²) >= 11 is 0. The monoisotopic (exact) mass is 297 g/mol. The van der Waals surface area contributed by atoms with Crippen LogP contribution in [0.5, 0.6) is 0 Å². The van der Waals surface area contributed by atoms with Gasteiger partial charge in [0.25, 0.3) is 0 Å². The number of sulfone groups is 1. The minimum absolute atomic E-state index is 0.0253. The lowest BCUT2D eigenvalue weighted by molar-refractivity contribution is -0.141. The van der Waals surface area contributed by atoms with Crippen molar-refractivity contribution in [3.8, 4) is 0 Å². The van der Waals surface area contributed by atoms with E-state index in [1.165, 1.54) is 13.8 Å². The summed E-state index contributed by atoms with van der Waals surface area (Å²) in [5.74, 6) is -0.459. The quantitative estimate of drug-likeness (QED) is 0.896. The Labute approximate surface area is 109 Å². The van der Waals surface area contributed by atoms with E-state index in [1.54, 1.807) is 0 Å². The van der Waals surface area contributed by atoms with Crippen LogP contribution >= 0.6 is 0 Å². The molecule has 1 aromatic rings. The number of hydrogen-bond donors (Lipinski definition) is 1. The van der Waals surface area contributed by atoms with E-state index in [4.69, 9.17) is 0 Å². The molecule has 1 heterocycles. The Hall–Kier alpha value is -1.38. The van der Waals surface area contributed by atoms with Crippen molar-refractivity contribution >= 4 is 15.8 Å². The standard InChI is InChI=1S/C10H14F3N3O2S/c1-3-19(17,18)6-7(2)15-9-14-5-4-8(16-9)10(11,12)13/h4-5,7H,3,6H2,1-2H3,(H,14,15,16)/t7-/m1/s1. The van der Waals surface area contributed by atoms with Gasteiger partial charge in [-0.25, -0.2) is 18.4 Å². The number of anilines is 1. The van der Waals surface area contributed by atoms with Crippen LogP contribution in [-0.2, 0) is 16.0 Å². The van der Waals surface area contributed by atoms with Gasteiger partial charge in [0.1, 0.15) is 5.69 Å². The zero-order chi connectivity index (χ0) is 14.7. The average Bonchev–Trinajstić information content (AvgIpc) is 2.27. The fraction of sp³-hybridized carbons (Fsp3) is 0.600. The second-order valence-electron chi connectivity index (χ2n) is 4.01. The van der Waals surface area contributed by atoms with Gasteiger partial charge in [-0.2, -0.15) is 13.2 Å². The van der Waals surface area contributed by atoms with Crippen molar-refractivity contribution in [1.82, 2.24) is 9.97 Å². The Morgan fingerprint density at radius 1 is 1.42 bits per heavy atom. The second-order valence-corrected chi connectivity index (χ2v) is 6.41. The topological polar surface area (TPSA) is 72.0 Å². The lowest BCUT2D eigenvalue weighted by atomic mass is 10.4. The Balaban J connectivity index is 2.78. The van der Waals surface area contributed by atoms with E-state index in [1.807, 2.05) is 0 Å². The maximum absolute atomic E-state index is 12.4. The van der Waals surface area contributed by atoms with E-state index in [0.29, 0.717) is 0 Å². The molecule has 9 heteroatoms. The van der Waals surface area contributed by atoms with Gasteiger partial charge in [-0.15, -0.1) is 0 Å². The van der Waals surface area contributed by atoms with Gasteiger partial charge < -0.3 is 5.32 Å². The Kier molecular flexibility index (Phi) is 4.72. The van der Waals surface area contributed by atoms with Crippen LogP contribution in [0.4, 0.5) is 19.1 Å². The minimum Gasteiger partial charge on any atom is -0.351 e. The molecule has 0 aliphatic rings. The van der Waals surface area contributed by atoms with E-state index in [9.17, 15) is 21.6 Å². The van der Waals surface area contributed by atoms with Crippen LogP contribution in [0.15, 0.2) is 12.3 Å². The van der Waals surface area contributed by atoms with Crippen LogP contribution in [0.2, 0.25) is 0 Å². The highest BCUT2D eigenvalue weighted by Gasteiger charge is 2.32. The van der Waals surface area contributed by atoms with Gasteiger partial charge in [-0.1, -0.05) is 6.92 Å². The predicted octanol–water partition coefficient (Wildman–Crippen LogP) is 1.73. The molecule has 0 fully saturated rings. The molecule has 108 valence electrons. The van der Waals surface area contributed by atoms with Crippen molar-refractivity contribution in [2.24, 2.45) is 0 Å². The van der Waals surface area contributed by atoms with Gasteiger partial charge >= 0.3 is 6.18 Å². The number of hydrogen-bond acceptors (Lipinski definition) is 5. The molecule has 0 bridgehead atoms. The summed E-state index contributed by atoms with van der Waals surface area (Å²) in [4.78, 5) is 6.93. The zero-order valence-electron chi connectivity index (χ0n) is 10.4. The molecule has 1 rings (SSSR count). The first kappa shape index (κ1) is 15.7. The third-order valence-corrected chi connectivity index (χ3v) is 4.15. The molecule has 1 atom stereocenters. The van der Waals surface area contributed by atoms with Gasteiger partial charge in [-0.3, -0.25) is 0 Å². The SMILES string of the molecule is CCS(=O)(=O)C[C@@H](C)Nc1nccc(C(F)(F)F)n1. The molecule has 0 amide bonds. The zero-order valence-corrected chi connectivity index (χ0v) is 11.2. The first-order chi connectivity index (χ1) is 8.64. The van der Waals surface area contributed by atoms with E-state index < -0.39 is 27.7 Å². The third-order valence-electron chi connectivity index (χ3n) is 2.27. The van der Waals surface area contributed by atoms with Crippen LogP contribution in [0.1, 0.15) is 19.5 Å². The van der Waals surface area contributed by atoms with Crippen LogP contribution in [0, 0.1) is 0 Å². The molecule has 0 spiro atoms. The highest BCUT2D eigenvalue weighted by molar-refractivity contribution is 7.91. The van der Waals surface area contributed by atoms with Gasteiger partial charge in [0.05, 0.1) is 5.75 Å². The maximum Gasteiger partial charge on any atom is 0.433 e. The van der Waals surface area contributed by atoms with Crippen LogP contribution < -0.4 is 5.32 Å². The number of rotatable bonds is 5. The molecule has 0 radical (unpaired) electrons. The van der Waals surface area contributed by atoms with Gasteiger partial charge in [-0.05, 0) is 13.0 Å². The second kappa shape index (κ2) is 5.72. The van der Waals surface area contributed by atoms with Crippen molar-refractivity contribution in [1.29, 1.82) is 0 Å². The van der Waals surface area contributed by atoms with Gasteiger partial charge in [0.2, 0.25) is 5.95 Å². The van der Waals surface area contributed by atoms with E-state index in [-0.39, 0.29) is 17.5 Å². The first-order valence-electron chi connectivity index (χ1n) is 5.51. The summed E-state index contributed by atoms with van der Waals surface area (Å²) in [6, 6.07) is 0.173. The Morgan fingerprint density at radius 3 is 2.58 bits per heavy atom. The Bertz CT molecular complexity index is 531. The fourth-order valence-electron chi connectivity index (χ4n) is 1.35. The number of halogens is 3. The average molecular weight is 297 g/mol. The van der Waals surface area contributed by atoms with Crippen LogP contribution in [0.25, 0.3) is 0 Å². The molecule has 0 saturated carbocycles. The molecule has 0 saturated heterocycles. The normalized spacial score (nSPS) is 14.2. The van der Waals surface area contributed by atoms with Crippen molar-refractivity contribution in [2.75, 3.05) is 16.8 Å². The molecule has 0 aromatic carbocycles. The molecular formula is C10H14F3N3O2S. The lowest BCUT2D eigenvalue weighted by Crippen LogP contribution is -2.28. The van der Waals surface area contributed by atoms with E-state index in [0.717, 1.165) is 12.3 Å². The molecule has 19 heavy (non-hydrogen) atoms. The highest BCUT2D eigenvalue weighted by Crippen LogP contribution is 2.27. The molecular weight excluding hydrogens is 283 g/mol. The van der Waals surface area contributed by atoms with E-state index in [2.05, 4.69) is 15.3 Å². The summed E-state index contributed by atoms with van der Waals surface area (Å²) in [5.41, 5.74) is -1.07. The number of aromatic nitrogens is 2. The smallest absolute Gasteiger partial charge is 0.351 e. The summed E-state index contributed by atoms with van der Waals surface area (Å²) in [7, 11) is -3.22. The molecule has 0 aliphatic carbocycles. The van der Waals surface area contributed by atoms with Crippen molar-refractivity contribution in [3.63, 3.8) is 0 Å². The molecule has 5 nitrogen and oxygen atoms in total. The van der Waals surface area contributed by atoms with Crippen LogP contribution in [-0.4, -0.2) is 35.9 Å². The predicted molar refractivity (Wildman–Crippen MR) is 64.4 cm³/mol. The summed E-state index contributed by atoms with van der Waals surface area (Å²) < 4.78 is 60.0. The maximum atomic E-state index is 12.4. The van der Waals surface area contributed by atoms with Gasteiger partial charge in [0.15, 0.2) is 9.84 Å². The van der Waals surface area contributed by atoms with Crippen molar-refractivity contribution in [3.05, 3.63) is 18.0 Å². The summed E-state index contributed by atoms with van der Waals surface area (Å²) in [5, 5.41) is 2.54. The molecule has 1 N–H and O–H groups in total. The molecule has 0 unspecified atom stereocenters. The number of alkyl halides is 3. The summed E-state index contributed by atoms with van der Waals surface area (Å²) in [6.45, 7) is 3.04. The molecule has 1 aromatic heterocycles. The van der Waals surface area contributed by atoms with Crippen LogP contribution in [0.3, 0.4) is 0 Å². The number of nitrogens with one attached hydrogen (secondary N) is 1. The lowest BCUT2D eigenvalue weighted by Gasteiger charge is -2.14. The van der Waals surface area contributed by atoms with Crippen molar-refractivity contribution < 1.29 is 21.6 Å². The van der Waals surface area contributed by atoms with E-state index >= 15 is 0 Å². The van der Waals surface area contributed by atoms with Gasteiger partial charge in [0, 0.05) is 18.0 Å². The fourth-order valence-corrected chi connectivity index (χ4v) is 2.43. The number of nitrogens with zero attached hydrogens (tertiary/aromatic N) is 2. The third kappa shape index (κ3) is 5.01. The largest absolute Gasteiger partial charge is 0.433 e. The highest BCUT2D eigenvalue weighted by atomic mass is 32.2. The van der Waals surface area contributed by atoms with Crippen molar-refractivity contribution in [2.45, 2.75) is 26.1 Å². The molecule has 0 aliphatic heterocycles. The first-order valence-corrected chi connectivity index (χ1v) is 7.33. The summed E-state index contributed by atoms with van der Waals surface area (Å²) in [6.07, 6.45) is -3.59. The Morgan fingerprint density at radius 2 is 2.05 bits per heavy atom.